The van der Waals surface area contributed by atoms with Gasteiger partial charge in [0.2, 0.25) is 0 Å². The quantitative estimate of drug-likeness (QED) is 0.543. The lowest BCUT2D eigenvalue weighted by Crippen LogP contribution is -2.13. The molecule has 10 nitrogen and oxygen atoms in total. The summed E-state index contributed by atoms with van der Waals surface area (Å²) in [7, 11) is 0. The zero-order chi connectivity index (χ0) is 15.7. The minimum absolute atomic E-state index is 0.0953. The smallest absolute Gasteiger partial charge is 0.408 e. The molecule has 0 saturated heterocycles. The van der Waals surface area contributed by atoms with Crippen LogP contribution in [0.5, 0.6) is 0 Å². The number of anilines is 1. The van der Waals surface area contributed by atoms with E-state index < -0.39 is 16.6 Å². The molecular weight excluding hydrogens is 294 g/mol. The van der Waals surface area contributed by atoms with Crippen molar-refractivity contribution in [2.75, 3.05) is 5.32 Å². The van der Waals surface area contributed by atoms with Crippen molar-refractivity contribution in [1.82, 2.24) is 15.2 Å². The highest BCUT2D eigenvalue weighted by Gasteiger charge is 2.20. The summed E-state index contributed by atoms with van der Waals surface area (Å²) in [5.74, 6) is -1.35. The lowest BCUT2D eigenvalue weighted by Gasteiger charge is -2.05. The van der Waals surface area contributed by atoms with Crippen LogP contribution in [0.4, 0.5) is 11.4 Å². The van der Waals surface area contributed by atoms with E-state index in [4.69, 9.17) is 4.42 Å². The number of nitrogens with one attached hydrogen (secondary N) is 2. The van der Waals surface area contributed by atoms with E-state index in [9.17, 15) is 19.7 Å². The van der Waals surface area contributed by atoms with Crippen LogP contribution in [0.25, 0.3) is 11.1 Å². The van der Waals surface area contributed by atoms with Crippen molar-refractivity contribution >= 4 is 28.4 Å². The molecule has 0 aliphatic heterocycles. The maximum Gasteiger partial charge on any atom is 0.417 e. The minimum Gasteiger partial charge on any atom is -0.408 e. The molecular formula is C12H7N5O5. The number of oxazole rings is 1. The fourth-order valence-corrected chi connectivity index (χ4v) is 1.86. The number of nitro benzene ring substituents is 1. The van der Waals surface area contributed by atoms with Gasteiger partial charge in [-0.25, -0.2) is 4.79 Å². The third-order valence-corrected chi connectivity index (χ3v) is 2.83. The Morgan fingerprint density at radius 2 is 2.18 bits per heavy atom. The molecule has 110 valence electrons. The van der Waals surface area contributed by atoms with E-state index in [1.54, 1.807) is 0 Å². The first-order chi connectivity index (χ1) is 10.5. The molecule has 0 spiro atoms. The molecule has 0 atom stereocenters. The highest BCUT2D eigenvalue weighted by atomic mass is 16.6. The summed E-state index contributed by atoms with van der Waals surface area (Å²) >= 11 is 0. The molecule has 0 radical (unpaired) electrons. The maximum absolute atomic E-state index is 12.0. The first kappa shape index (κ1) is 13.4. The lowest BCUT2D eigenvalue weighted by molar-refractivity contribution is -0.383. The van der Waals surface area contributed by atoms with Gasteiger partial charge in [-0.2, -0.15) is 10.2 Å². The second-order valence-electron chi connectivity index (χ2n) is 4.22. The molecule has 0 fully saturated rings. The van der Waals surface area contributed by atoms with Gasteiger partial charge in [-0.1, -0.05) is 0 Å². The number of nitro groups is 1. The fourth-order valence-electron chi connectivity index (χ4n) is 1.86. The van der Waals surface area contributed by atoms with Gasteiger partial charge in [0.1, 0.15) is 5.69 Å². The monoisotopic (exact) mass is 301 g/mol. The second kappa shape index (κ2) is 5.09. The van der Waals surface area contributed by atoms with Crippen LogP contribution >= 0.6 is 0 Å². The molecule has 0 aliphatic carbocycles. The van der Waals surface area contributed by atoms with Crippen molar-refractivity contribution in [3.8, 4) is 0 Å². The summed E-state index contributed by atoms with van der Waals surface area (Å²) in [6.07, 6.45) is 2.54. The van der Waals surface area contributed by atoms with Crippen molar-refractivity contribution in [2.24, 2.45) is 0 Å². The van der Waals surface area contributed by atoms with Crippen molar-refractivity contribution in [3.05, 3.63) is 56.8 Å². The number of hydrogen-bond acceptors (Lipinski definition) is 7. The number of carbonyl (C=O) groups is 1. The van der Waals surface area contributed by atoms with Gasteiger partial charge in [-0.05, 0) is 6.07 Å². The van der Waals surface area contributed by atoms with Crippen molar-refractivity contribution in [2.45, 2.75) is 0 Å². The summed E-state index contributed by atoms with van der Waals surface area (Å²) < 4.78 is 4.82. The third kappa shape index (κ3) is 2.40. The molecule has 0 bridgehead atoms. The molecule has 10 heteroatoms. The number of aromatic nitrogens is 3. The van der Waals surface area contributed by atoms with Gasteiger partial charge in [0.05, 0.1) is 28.4 Å². The molecule has 0 aliphatic rings. The zero-order valence-electron chi connectivity index (χ0n) is 10.8. The van der Waals surface area contributed by atoms with Crippen molar-refractivity contribution < 1.29 is 14.1 Å². The van der Waals surface area contributed by atoms with Crippen LogP contribution < -0.4 is 11.1 Å². The molecule has 3 aromatic rings. The number of H-pyrrole nitrogens is 1. The summed E-state index contributed by atoms with van der Waals surface area (Å²) in [6, 6.07) is 3.72. The van der Waals surface area contributed by atoms with Gasteiger partial charge >= 0.3 is 5.76 Å². The van der Waals surface area contributed by atoms with Crippen molar-refractivity contribution in [1.29, 1.82) is 0 Å². The Labute approximate surface area is 120 Å². The number of amides is 1. The van der Waals surface area contributed by atoms with E-state index in [1.165, 1.54) is 24.5 Å². The van der Waals surface area contributed by atoms with Crippen LogP contribution in [-0.4, -0.2) is 26.0 Å². The van der Waals surface area contributed by atoms with E-state index in [-0.39, 0.29) is 28.0 Å². The van der Waals surface area contributed by atoms with E-state index in [2.05, 4.69) is 20.5 Å². The summed E-state index contributed by atoms with van der Waals surface area (Å²) in [5, 5.41) is 20.6. The van der Waals surface area contributed by atoms with Crippen molar-refractivity contribution in [3.63, 3.8) is 0 Å². The predicted octanol–water partition coefficient (Wildman–Crippen LogP) is 1.07. The van der Waals surface area contributed by atoms with Gasteiger partial charge in [-0.3, -0.25) is 19.9 Å². The topological polar surface area (TPSA) is 144 Å². The van der Waals surface area contributed by atoms with Gasteiger partial charge in [0.15, 0.2) is 5.58 Å². The van der Waals surface area contributed by atoms with E-state index >= 15 is 0 Å². The molecule has 2 aromatic heterocycles. The van der Waals surface area contributed by atoms with Gasteiger partial charge in [-0.15, -0.1) is 0 Å². The number of nitrogens with zero attached hydrogens (tertiary/aromatic N) is 3. The predicted molar refractivity (Wildman–Crippen MR) is 73.5 cm³/mol. The molecule has 3 rings (SSSR count). The largest absolute Gasteiger partial charge is 0.417 e. The average Bonchev–Trinajstić information content (AvgIpc) is 2.86. The first-order valence-electron chi connectivity index (χ1n) is 5.94. The minimum atomic E-state index is -0.744. The Hall–Kier alpha value is -3.56. The highest BCUT2D eigenvalue weighted by molar-refractivity contribution is 6.06. The average molecular weight is 301 g/mol. The Morgan fingerprint density at radius 1 is 1.36 bits per heavy atom. The van der Waals surface area contributed by atoms with E-state index in [0.29, 0.717) is 0 Å². The number of benzene rings is 1. The molecule has 0 saturated carbocycles. The zero-order valence-corrected chi connectivity index (χ0v) is 10.8. The van der Waals surface area contributed by atoms with Crippen LogP contribution in [0, 0.1) is 10.1 Å². The van der Waals surface area contributed by atoms with Crippen LogP contribution in [0.15, 0.2) is 39.8 Å². The lowest BCUT2D eigenvalue weighted by atomic mass is 10.2. The number of rotatable bonds is 3. The molecule has 1 aromatic carbocycles. The fraction of sp³-hybridized carbons (Fsp3) is 0. The van der Waals surface area contributed by atoms with Crippen LogP contribution in [-0.2, 0) is 0 Å². The van der Waals surface area contributed by atoms with Crippen LogP contribution in [0.1, 0.15) is 10.4 Å². The van der Waals surface area contributed by atoms with Crippen LogP contribution in [0.2, 0.25) is 0 Å². The maximum atomic E-state index is 12.0. The SMILES string of the molecule is O=C(Nc1cc2oc(=O)[nH]c2cc1[N+](=O)[O-])c1ccnnc1. The van der Waals surface area contributed by atoms with E-state index in [1.807, 2.05) is 0 Å². The Balaban J connectivity index is 2.05. The summed E-state index contributed by atoms with van der Waals surface area (Å²) in [4.78, 5) is 35.9. The highest BCUT2D eigenvalue weighted by Crippen LogP contribution is 2.29. The molecule has 1 amide bonds. The summed E-state index contributed by atoms with van der Waals surface area (Å²) in [5.41, 5.74) is -0.0269. The molecule has 22 heavy (non-hydrogen) atoms. The Kier molecular flexibility index (Phi) is 3.10. The molecule has 2 heterocycles. The molecule has 0 unspecified atom stereocenters. The number of hydrogen-bond donors (Lipinski definition) is 2. The third-order valence-electron chi connectivity index (χ3n) is 2.83. The number of fused-ring (bicyclic) bond motifs is 1. The first-order valence-corrected chi connectivity index (χ1v) is 5.94. The standard InChI is InChI=1S/C12H7N5O5/c18-11(6-1-2-13-14-5-6)15-7-4-10-8(16-12(19)22-10)3-9(7)17(20)21/h1-5H,(H,15,18)(H,16,19). The van der Waals surface area contributed by atoms with Crippen LogP contribution in [0.3, 0.4) is 0 Å². The number of aromatic amines is 1. The van der Waals surface area contributed by atoms with E-state index in [0.717, 1.165) is 6.07 Å². The summed E-state index contributed by atoms with van der Waals surface area (Å²) in [6.45, 7) is 0. The Bertz CT molecular complexity index is 930. The second-order valence-corrected chi connectivity index (χ2v) is 4.22. The number of carbonyl (C=O) groups excluding carboxylic acids is 1. The normalized spacial score (nSPS) is 10.5. The van der Waals surface area contributed by atoms with Gasteiger partial charge < -0.3 is 9.73 Å². The molecule has 2 N–H and O–H groups in total. The Morgan fingerprint density at radius 3 is 2.86 bits per heavy atom. The van der Waals surface area contributed by atoms with Gasteiger partial charge in [0.25, 0.3) is 11.6 Å². The van der Waals surface area contributed by atoms with Gasteiger partial charge in [0, 0.05) is 12.1 Å².